The van der Waals surface area contributed by atoms with E-state index < -0.39 is 0 Å². The lowest BCUT2D eigenvalue weighted by molar-refractivity contribution is 0.0947. The fourth-order valence-corrected chi connectivity index (χ4v) is 2.72. The maximum Gasteiger partial charge on any atom is 0.273 e. The van der Waals surface area contributed by atoms with Gasteiger partial charge in [0.05, 0.1) is 10.5 Å². The molecule has 0 saturated carbocycles. The first-order valence-electron chi connectivity index (χ1n) is 6.01. The smallest absolute Gasteiger partial charge is 0.273 e. The third-order valence-electron chi connectivity index (χ3n) is 3.37. The number of ketones is 1. The molecular formula is C13H11ClN4O2. The predicted molar refractivity (Wildman–Crippen MR) is 76.0 cm³/mol. The first kappa shape index (κ1) is 12.7. The van der Waals surface area contributed by atoms with Crippen LogP contribution in [0.25, 0.3) is 10.9 Å². The number of nitrogens with zero attached hydrogens (tertiary/aromatic N) is 2. The summed E-state index contributed by atoms with van der Waals surface area (Å²) in [7, 11) is 0. The van der Waals surface area contributed by atoms with Crippen LogP contribution < -0.4 is 11.2 Å². The van der Waals surface area contributed by atoms with Crippen molar-refractivity contribution in [3.63, 3.8) is 0 Å². The van der Waals surface area contributed by atoms with E-state index in [2.05, 4.69) is 10.4 Å². The van der Waals surface area contributed by atoms with Crippen molar-refractivity contribution in [3.8, 4) is 0 Å². The monoisotopic (exact) mass is 290 g/mol. The molecule has 0 spiro atoms. The Hall–Kier alpha value is -2.34. The molecule has 1 amide bonds. The minimum absolute atomic E-state index is 0.0627. The van der Waals surface area contributed by atoms with Gasteiger partial charge in [-0.05, 0) is 18.2 Å². The van der Waals surface area contributed by atoms with E-state index in [0.717, 1.165) is 6.34 Å². The number of halogens is 1. The summed E-state index contributed by atoms with van der Waals surface area (Å²) in [6.45, 7) is 0.457. The maximum absolute atomic E-state index is 12.1. The molecule has 3 N–H and O–H groups in total. The van der Waals surface area contributed by atoms with Crippen LogP contribution in [0.3, 0.4) is 0 Å². The number of amides is 1. The van der Waals surface area contributed by atoms with Gasteiger partial charge in [-0.2, -0.15) is 5.10 Å². The number of benzene rings is 1. The lowest BCUT2D eigenvalue weighted by Gasteiger charge is -2.16. The van der Waals surface area contributed by atoms with Gasteiger partial charge in [0.1, 0.15) is 12.0 Å². The van der Waals surface area contributed by atoms with Crippen molar-refractivity contribution in [1.29, 1.82) is 0 Å². The molecule has 1 aliphatic heterocycles. The van der Waals surface area contributed by atoms with Crippen molar-refractivity contribution in [2.45, 2.75) is 13.0 Å². The SMILES string of the molecule is NN=CNC(=O)c1cc2c(Cl)ccc3c2n1CCC3=O. The number of nitrogens with one attached hydrogen (secondary N) is 1. The van der Waals surface area contributed by atoms with Gasteiger partial charge in [-0.15, -0.1) is 0 Å². The molecule has 2 aromatic rings. The number of Topliss-reactive ketones (excluding diaryl/α,β-unsaturated/α-hetero) is 1. The van der Waals surface area contributed by atoms with E-state index >= 15 is 0 Å². The van der Waals surface area contributed by atoms with Gasteiger partial charge >= 0.3 is 0 Å². The summed E-state index contributed by atoms with van der Waals surface area (Å²) >= 11 is 6.15. The van der Waals surface area contributed by atoms with E-state index in [9.17, 15) is 9.59 Å². The van der Waals surface area contributed by atoms with Crippen LogP contribution >= 0.6 is 11.6 Å². The highest BCUT2D eigenvalue weighted by atomic mass is 35.5. The van der Waals surface area contributed by atoms with Gasteiger partial charge in [-0.3, -0.25) is 9.59 Å². The number of hydrogen-bond donors (Lipinski definition) is 2. The number of carbonyl (C=O) groups is 2. The molecule has 0 fully saturated rings. The second-order valence-electron chi connectivity index (χ2n) is 4.46. The van der Waals surface area contributed by atoms with Crippen molar-refractivity contribution in [3.05, 3.63) is 34.5 Å². The predicted octanol–water partition coefficient (Wildman–Crippen LogP) is 1.51. The van der Waals surface area contributed by atoms with Crippen LogP contribution in [0.4, 0.5) is 0 Å². The number of rotatable bonds is 2. The van der Waals surface area contributed by atoms with Crippen LogP contribution in [-0.4, -0.2) is 22.6 Å². The van der Waals surface area contributed by atoms with Crippen LogP contribution in [0.5, 0.6) is 0 Å². The standard InChI is InChI=1S/C13H11ClN4O2/c14-9-2-1-7-11(19)3-4-18-10(5-8(9)12(7)18)13(20)16-6-17-15/h1-2,5-6H,3-4,15H2,(H,16,17,20). The summed E-state index contributed by atoms with van der Waals surface area (Å²) in [4.78, 5) is 24.0. The molecule has 0 saturated heterocycles. The summed E-state index contributed by atoms with van der Waals surface area (Å²) in [5.41, 5.74) is 1.74. The average molecular weight is 291 g/mol. The van der Waals surface area contributed by atoms with Crippen molar-refractivity contribution >= 4 is 40.5 Å². The Kier molecular flexibility index (Phi) is 2.94. The van der Waals surface area contributed by atoms with Crippen molar-refractivity contribution in [2.24, 2.45) is 10.9 Å². The summed E-state index contributed by atoms with van der Waals surface area (Å²) in [5.74, 6) is 4.68. The molecule has 7 heteroatoms. The topological polar surface area (TPSA) is 89.5 Å². The van der Waals surface area contributed by atoms with Crippen molar-refractivity contribution < 1.29 is 9.59 Å². The van der Waals surface area contributed by atoms with Crippen molar-refractivity contribution in [1.82, 2.24) is 9.88 Å². The Bertz CT molecular complexity index is 763. The van der Waals surface area contributed by atoms with Gasteiger partial charge in [0.15, 0.2) is 5.78 Å². The molecule has 2 heterocycles. The highest BCUT2D eigenvalue weighted by molar-refractivity contribution is 6.36. The minimum Gasteiger partial charge on any atom is -0.335 e. The van der Waals surface area contributed by atoms with Gasteiger partial charge in [0, 0.05) is 23.9 Å². The Labute approximate surface area is 119 Å². The van der Waals surface area contributed by atoms with Gasteiger partial charge in [0.25, 0.3) is 5.91 Å². The molecule has 102 valence electrons. The molecule has 1 aromatic heterocycles. The van der Waals surface area contributed by atoms with Gasteiger partial charge in [0.2, 0.25) is 0 Å². The minimum atomic E-state index is -0.341. The average Bonchev–Trinajstić information content (AvgIpc) is 2.83. The fraction of sp³-hybridized carbons (Fsp3) is 0.154. The molecule has 0 atom stereocenters. The number of hydrazone groups is 1. The molecular weight excluding hydrogens is 280 g/mol. The number of aryl methyl sites for hydroxylation is 1. The zero-order valence-electron chi connectivity index (χ0n) is 10.4. The summed E-state index contributed by atoms with van der Waals surface area (Å²) in [5, 5.41) is 6.89. The Morgan fingerprint density at radius 2 is 2.30 bits per heavy atom. The Morgan fingerprint density at radius 1 is 1.50 bits per heavy atom. The highest BCUT2D eigenvalue weighted by Gasteiger charge is 2.25. The van der Waals surface area contributed by atoms with Gasteiger partial charge in [-0.1, -0.05) is 11.6 Å². The van der Waals surface area contributed by atoms with Gasteiger partial charge in [-0.25, -0.2) is 0 Å². The summed E-state index contributed by atoms with van der Waals surface area (Å²) in [6.07, 6.45) is 1.48. The zero-order chi connectivity index (χ0) is 14.3. The largest absolute Gasteiger partial charge is 0.335 e. The zero-order valence-corrected chi connectivity index (χ0v) is 11.1. The fourth-order valence-electron chi connectivity index (χ4n) is 2.51. The molecule has 6 nitrogen and oxygen atoms in total. The maximum atomic E-state index is 12.1. The first-order chi connectivity index (χ1) is 9.63. The number of nitrogens with two attached hydrogens (primary N) is 1. The van der Waals surface area contributed by atoms with E-state index in [1.807, 2.05) is 0 Å². The summed E-state index contributed by atoms with van der Waals surface area (Å²) in [6, 6.07) is 5.06. The lowest BCUT2D eigenvalue weighted by Crippen LogP contribution is -2.26. The lowest BCUT2D eigenvalue weighted by atomic mass is 10.0. The van der Waals surface area contributed by atoms with E-state index in [0.29, 0.717) is 40.1 Å². The molecule has 20 heavy (non-hydrogen) atoms. The molecule has 0 unspecified atom stereocenters. The van der Waals surface area contributed by atoms with Crippen LogP contribution in [0, 0.1) is 0 Å². The number of carbonyl (C=O) groups excluding carboxylic acids is 2. The molecule has 1 aromatic carbocycles. The molecule has 0 bridgehead atoms. The van der Waals surface area contributed by atoms with E-state index in [-0.39, 0.29) is 11.7 Å². The normalized spacial score (nSPS) is 14.2. The van der Waals surface area contributed by atoms with Crippen LogP contribution in [0.15, 0.2) is 23.3 Å². The van der Waals surface area contributed by atoms with Crippen LogP contribution in [-0.2, 0) is 6.54 Å². The molecule has 1 aliphatic rings. The van der Waals surface area contributed by atoms with Gasteiger partial charge < -0.3 is 15.7 Å². The van der Waals surface area contributed by atoms with E-state index in [4.69, 9.17) is 17.4 Å². The van der Waals surface area contributed by atoms with Crippen LogP contribution in [0.2, 0.25) is 5.02 Å². The molecule has 0 radical (unpaired) electrons. The second-order valence-corrected chi connectivity index (χ2v) is 4.87. The van der Waals surface area contributed by atoms with Crippen LogP contribution in [0.1, 0.15) is 27.3 Å². The Morgan fingerprint density at radius 3 is 3.05 bits per heavy atom. The quantitative estimate of drug-likeness (QED) is 0.380. The highest BCUT2D eigenvalue weighted by Crippen LogP contribution is 2.33. The third kappa shape index (κ3) is 1.77. The van der Waals surface area contributed by atoms with E-state index in [1.165, 1.54) is 0 Å². The van der Waals surface area contributed by atoms with E-state index in [1.54, 1.807) is 22.8 Å². The van der Waals surface area contributed by atoms with Crippen molar-refractivity contribution in [2.75, 3.05) is 0 Å². The summed E-state index contributed by atoms with van der Waals surface area (Å²) < 4.78 is 1.80. The first-order valence-corrected chi connectivity index (χ1v) is 6.39. The third-order valence-corrected chi connectivity index (χ3v) is 3.70. The molecule has 0 aliphatic carbocycles. The Balaban J connectivity index is 2.24. The molecule has 3 rings (SSSR count). The number of hydrogen-bond acceptors (Lipinski definition) is 4. The number of aromatic nitrogens is 1. The second kappa shape index (κ2) is 4.64.